The Morgan fingerprint density at radius 3 is 2.49 bits per heavy atom. The zero-order valence-electron chi connectivity index (χ0n) is 21.6. The molecule has 1 aromatic rings. The van der Waals surface area contributed by atoms with Crippen molar-refractivity contribution in [2.45, 2.75) is 109 Å². The first kappa shape index (κ1) is 25.4. The Hall–Kier alpha value is -1.27. The van der Waals surface area contributed by atoms with E-state index in [4.69, 9.17) is 0 Å². The molecule has 5 heteroatoms. The smallest absolute Gasteiger partial charge is 0.102 e. The number of nitrogens with zero attached hydrogens (tertiary/aromatic N) is 1. The van der Waals surface area contributed by atoms with Crippen LogP contribution in [0.15, 0.2) is 40.8 Å². The molecule has 192 valence electrons. The number of aliphatic hydroxyl groups is 3. The lowest BCUT2D eigenvalue weighted by molar-refractivity contribution is 0.0609. The zero-order chi connectivity index (χ0) is 24.8. The number of hydrogen-bond donors (Lipinski definition) is 3. The van der Waals surface area contributed by atoms with Gasteiger partial charge in [-0.25, -0.2) is 4.98 Å². The summed E-state index contributed by atoms with van der Waals surface area (Å²) in [7, 11) is 0. The first-order chi connectivity index (χ1) is 16.7. The summed E-state index contributed by atoms with van der Waals surface area (Å²) in [4.78, 5) is 4.69. The molecule has 4 fully saturated rings. The Labute approximate surface area is 214 Å². The van der Waals surface area contributed by atoms with Crippen LogP contribution in [-0.2, 0) is 5.41 Å². The minimum atomic E-state index is -0.449. The van der Waals surface area contributed by atoms with E-state index >= 15 is 0 Å². The monoisotopic (exact) mass is 497 g/mol. The van der Waals surface area contributed by atoms with Gasteiger partial charge >= 0.3 is 0 Å². The SMILES string of the molecule is Cc1csc(C2(C(O)/C=C/[C@@H](C)[C@H]3CCC4/C(=C/C=C5C[C@@H](O)C[C@H](O)C5)CCC[C@@]43C)CC2)n1. The summed E-state index contributed by atoms with van der Waals surface area (Å²) < 4.78 is 0. The number of aromatic nitrogens is 1. The van der Waals surface area contributed by atoms with Gasteiger partial charge in [-0.2, -0.15) is 0 Å². The number of hydrogen-bond acceptors (Lipinski definition) is 5. The maximum atomic E-state index is 11.1. The first-order valence-corrected chi connectivity index (χ1v) is 14.6. The Morgan fingerprint density at radius 1 is 1.09 bits per heavy atom. The summed E-state index contributed by atoms with van der Waals surface area (Å²) in [6, 6.07) is 0. The third-order valence-electron chi connectivity index (χ3n) is 9.74. The summed E-state index contributed by atoms with van der Waals surface area (Å²) in [5, 5.41) is 34.4. The number of aliphatic hydroxyl groups excluding tert-OH is 3. The van der Waals surface area contributed by atoms with Gasteiger partial charge in [0.2, 0.25) is 0 Å². The highest BCUT2D eigenvalue weighted by atomic mass is 32.1. The highest BCUT2D eigenvalue weighted by Crippen LogP contribution is 2.60. The van der Waals surface area contributed by atoms with Gasteiger partial charge in [-0.05, 0) is 94.3 Å². The topological polar surface area (TPSA) is 73.6 Å². The molecule has 4 nitrogen and oxygen atoms in total. The Kier molecular flexibility index (Phi) is 7.17. The number of allylic oxidation sites excluding steroid dienone is 4. The average molecular weight is 498 g/mol. The van der Waals surface area contributed by atoms with Gasteiger partial charge < -0.3 is 15.3 Å². The van der Waals surface area contributed by atoms with Crippen molar-refractivity contribution in [3.8, 4) is 0 Å². The molecular weight excluding hydrogens is 454 g/mol. The highest BCUT2D eigenvalue weighted by Gasteiger charge is 2.53. The predicted molar refractivity (Wildman–Crippen MR) is 142 cm³/mol. The van der Waals surface area contributed by atoms with Crippen molar-refractivity contribution >= 4 is 11.3 Å². The van der Waals surface area contributed by atoms with Crippen LogP contribution in [0.5, 0.6) is 0 Å². The quantitative estimate of drug-likeness (QED) is 0.421. The fourth-order valence-electron chi connectivity index (χ4n) is 7.63. The van der Waals surface area contributed by atoms with Crippen molar-refractivity contribution in [1.82, 2.24) is 4.98 Å². The van der Waals surface area contributed by atoms with E-state index in [1.807, 2.05) is 6.92 Å². The van der Waals surface area contributed by atoms with E-state index in [9.17, 15) is 15.3 Å². The van der Waals surface area contributed by atoms with Crippen molar-refractivity contribution in [3.05, 3.63) is 51.5 Å². The lowest BCUT2D eigenvalue weighted by atomic mass is 9.61. The van der Waals surface area contributed by atoms with Gasteiger partial charge in [0.25, 0.3) is 0 Å². The number of fused-ring (bicyclic) bond motifs is 1. The van der Waals surface area contributed by atoms with Crippen LogP contribution in [0, 0.1) is 30.1 Å². The molecule has 1 aromatic heterocycles. The molecule has 0 aromatic carbocycles. The van der Waals surface area contributed by atoms with Crippen molar-refractivity contribution < 1.29 is 15.3 Å². The van der Waals surface area contributed by atoms with E-state index in [2.05, 4.69) is 48.5 Å². The third kappa shape index (κ3) is 4.99. The summed E-state index contributed by atoms with van der Waals surface area (Å²) in [6.45, 7) is 6.88. The highest BCUT2D eigenvalue weighted by molar-refractivity contribution is 7.09. The minimum absolute atomic E-state index is 0.147. The van der Waals surface area contributed by atoms with Crippen LogP contribution < -0.4 is 0 Å². The zero-order valence-corrected chi connectivity index (χ0v) is 22.4. The normalized spacial score (nSPS) is 37.4. The number of aryl methyl sites for hydroxylation is 1. The Morgan fingerprint density at radius 2 is 1.83 bits per heavy atom. The first-order valence-electron chi connectivity index (χ1n) is 13.7. The molecule has 3 N–H and O–H groups in total. The molecule has 1 heterocycles. The molecule has 7 atom stereocenters. The van der Waals surface area contributed by atoms with Crippen molar-refractivity contribution in [2.24, 2.45) is 23.2 Å². The van der Waals surface area contributed by atoms with Gasteiger partial charge in [0, 0.05) is 11.1 Å². The van der Waals surface area contributed by atoms with E-state index in [1.165, 1.54) is 37.7 Å². The molecule has 0 bridgehead atoms. The standard InChI is InChI=1S/C30H43NO3S/c1-19(6-11-27(34)30(13-14-30)28-31-20(2)18-35-28)25-9-10-26-22(5-4-12-29(25,26)3)8-7-21-15-23(32)17-24(33)16-21/h6-8,11,18-19,23-27,32-34H,4-5,9-10,12-17H2,1-3H3/b11-6+,22-8+/t19-,23-,24-,25-,26?,27?,29-/m1/s1. The molecule has 35 heavy (non-hydrogen) atoms. The van der Waals surface area contributed by atoms with Gasteiger partial charge in [-0.15, -0.1) is 11.3 Å². The second-order valence-corrected chi connectivity index (χ2v) is 13.1. The van der Waals surface area contributed by atoms with Gasteiger partial charge in [0.1, 0.15) is 5.01 Å². The van der Waals surface area contributed by atoms with Crippen molar-refractivity contribution in [3.63, 3.8) is 0 Å². The summed E-state index contributed by atoms with van der Waals surface area (Å²) >= 11 is 1.69. The molecule has 4 aliphatic carbocycles. The average Bonchev–Trinajstić information content (AvgIpc) is 3.37. The summed E-state index contributed by atoms with van der Waals surface area (Å²) in [6.07, 6.45) is 17.7. The van der Waals surface area contributed by atoms with Crippen LogP contribution in [0.2, 0.25) is 0 Å². The van der Waals surface area contributed by atoms with E-state index in [-0.39, 0.29) is 5.41 Å². The molecule has 0 saturated heterocycles. The van der Waals surface area contributed by atoms with E-state index < -0.39 is 18.3 Å². The maximum Gasteiger partial charge on any atom is 0.102 e. The largest absolute Gasteiger partial charge is 0.393 e. The number of rotatable bonds is 6. The second kappa shape index (κ2) is 9.89. The van der Waals surface area contributed by atoms with Gasteiger partial charge in [-0.3, -0.25) is 0 Å². The van der Waals surface area contributed by atoms with Crippen LogP contribution in [0.1, 0.15) is 88.8 Å². The van der Waals surface area contributed by atoms with Crippen molar-refractivity contribution in [1.29, 1.82) is 0 Å². The molecule has 4 saturated carbocycles. The fraction of sp³-hybridized carbons (Fsp3) is 0.700. The minimum Gasteiger partial charge on any atom is -0.393 e. The fourth-order valence-corrected chi connectivity index (χ4v) is 8.72. The molecule has 5 rings (SSSR count). The van der Waals surface area contributed by atoms with Crippen LogP contribution in [0.4, 0.5) is 0 Å². The van der Waals surface area contributed by atoms with E-state index in [1.54, 1.807) is 16.9 Å². The van der Waals surface area contributed by atoms with Crippen LogP contribution >= 0.6 is 11.3 Å². The van der Waals surface area contributed by atoms with Crippen LogP contribution in [0.25, 0.3) is 0 Å². The van der Waals surface area contributed by atoms with Gasteiger partial charge in [-0.1, -0.05) is 49.3 Å². The van der Waals surface area contributed by atoms with Crippen molar-refractivity contribution in [2.75, 3.05) is 0 Å². The predicted octanol–water partition coefficient (Wildman–Crippen LogP) is 6.01. The van der Waals surface area contributed by atoms with E-state index in [0.717, 1.165) is 23.5 Å². The lowest BCUT2D eigenvalue weighted by Gasteiger charge is -2.44. The molecule has 0 spiro atoms. The molecule has 2 unspecified atom stereocenters. The lowest BCUT2D eigenvalue weighted by Crippen LogP contribution is -2.35. The summed E-state index contributed by atoms with van der Waals surface area (Å²) in [5.41, 5.74) is 3.95. The van der Waals surface area contributed by atoms with Crippen LogP contribution in [0.3, 0.4) is 0 Å². The summed E-state index contributed by atoms with van der Waals surface area (Å²) in [5.74, 6) is 1.68. The Balaban J connectivity index is 1.27. The Bertz CT molecular complexity index is 993. The van der Waals surface area contributed by atoms with Gasteiger partial charge in [0.15, 0.2) is 0 Å². The molecular formula is C30H43NO3S. The van der Waals surface area contributed by atoms with Crippen LogP contribution in [-0.4, -0.2) is 38.6 Å². The third-order valence-corrected chi connectivity index (χ3v) is 10.9. The molecule has 0 amide bonds. The van der Waals surface area contributed by atoms with Gasteiger partial charge in [0.05, 0.1) is 23.7 Å². The number of thiazole rings is 1. The second-order valence-electron chi connectivity index (χ2n) is 12.3. The molecule has 0 aliphatic heterocycles. The maximum absolute atomic E-state index is 11.1. The molecule has 4 aliphatic rings. The molecule has 0 radical (unpaired) electrons. The van der Waals surface area contributed by atoms with E-state index in [0.29, 0.717) is 42.4 Å².